The van der Waals surface area contributed by atoms with E-state index in [2.05, 4.69) is 18.2 Å². The molecule has 0 amide bonds. The van der Waals surface area contributed by atoms with Gasteiger partial charge in [-0.2, -0.15) is 0 Å². The highest BCUT2D eigenvalue weighted by Crippen LogP contribution is 2.79. The van der Waals surface area contributed by atoms with Gasteiger partial charge in [0.15, 0.2) is 0 Å². The maximum Gasteiger partial charge on any atom is -0.00136 e. The number of rotatable bonds is 0. The molecule has 0 heterocycles. The van der Waals surface area contributed by atoms with Gasteiger partial charge in [0.2, 0.25) is 0 Å². The topological polar surface area (TPSA) is 0 Å². The van der Waals surface area contributed by atoms with Gasteiger partial charge < -0.3 is 0 Å². The molecule has 6 atom stereocenters. The molecule has 6 aliphatic rings. The molecule has 3 fully saturated rings. The van der Waals surface area contributed by atoms with Crippen molar-refractivity contribution in [2.24, 2.45) is 35.0 Å². The van der Waals surface area contributed by atoms with Gasteiger partial charge in [0.05, 0.1) is 0 Å². The molecule has 15 heavy (non-hydrogen) atoms. The first-order valence-corrected chi connectivity index (χ1v) is 6.81. The average Bonchev–Trinajstić information content (AvgIpc) is 2.77. The third-order valence-electron chi connectivity index (χ3n) is 6.31. The van der Waals surface area contributed by atoms with Crippen LogP contribution in [0.25, 0.3) is 0 Å². The number of allylic oxidation sites excluding steroid dienone is 4. The molecule has 6 rings (SSSR count). The molecule has 6 aliphatic carbocycles. The summed E-state index contributed by atoms with van der Waals surface area (Å²) in [6, 6.07) is 0. The van der Waals surface area contributed by atoms with E-state index in [1.54, 1.807) is 12.8 Å². The summed E-state index contributed by atoms with van der Waals surface area (Å²) < 4.78 is 0. The lowest BCUT2D eigenvalue weighted by Gasteiger charge is -2.40. The van der Waals surface area contributed by atoms with Crippen molar-refractivity contribution in [3.05, 3.63) is 23.8 Å². The molecule has 0 N–H and O–H groups in total. The summed E-state index contributed by atoms with van der Waals surface area (Å²) in [6.45, 7) is 0. The smallest absolute Gasteiger partial charge is 0.00136 e. The molecule has 6 unspecified atom stereocenters. The highest BCUT2D eigenvalue weighted by atomic mass is 14.8. The molecule has 0 heteroatoms. The third-order valence-corrected chi connectivity index (χ3v) is 6.31. The Balaban J connectivity index is 1.77. The van der Waals surface area contributed by atoms with Crippen LogP contribution in [0.2, 0.25) is 0 Å². The third kappa shape index (κ3) is 0.645. The van der Waals surface area contributed by atoms with Crippen LogP contribution in [0.1, 0.15) is 32.1 Å². The summed E-state index contributed by atoms with van der Waals surface area (Å²) in [5.74, 6) is 5.10. The molecule has 0 aromatic rings. The highest BCUT2D eigenvalue weighted by Gasteiger charge is 2.72. The maximum atomic E-state index is 2.67. The Kier molecular flexibility index (Phi) is 1.09. The second kappa shape index (κ2) is 2.12. The van der Waals surface area contributed by atoms with Gasteiger partial charge >= 0.3 is 0 Å². The SMILES string of the molecule is C1=CC2C3CC4C1C=C1CCCCC14C23. The minimum atomic E-state index is 0.738. The summed E-state index contributed by atoms with van der Waals surface area (Å²) in [5, 5.41) is 0. The first-order chi connectivity index (χ1) is 7.41. The van der Waals surface area contributed by atoms with Crippen LogP contribution >= 0.6 is 0 Å². The first kappa shape index (κ1) is 7.70. The quantitative estimate of drug-likeness (QED) is 0.522. The lowest BCUT2D eigenvalue weighted by atomic mass is 9.64. The van der Waals surface area contributed by atoms with E-state index in [0.717, 1.165) is 35.0 Å². The largest absolute Gasteiger partial charge is 0.0842 e. The fraction of sp³-hybridized carbons (Fsp3) is 0.733. The highest BCUT2D eigenvalue weighted by molar-refractivity contribution is 5.42. The van der Waals surface area contributed by atoms with Crippen LogP contribution in [0, 0.1) is 35.0 Å². The zero-order chi connectivity index (χ0) is 9.62. The van der Waals surface area contributed by atoms with Crippen LogP contribution in [0.15, 0.2) is 23.8 Å². The maximum absolute atomic E-state index is 2.67. The summed E-state index contributed by atoms with van der Waals surface area (Å²) in [6.07, 6.45) is 15.3. The molecule has 0 radical (unpaired) electrons. The molecule has 6 bridgehead atoms. The zero-order valence-electron chi connectivity index (χ0n) is 9.15. The van der Waals surface area contributed by atoms with Crippen LogP contribution in [0.5, 0.6) is 0 Å². The molecule has 1 spiro atoms. The van der Waals surface area contributed by atoms with E-state index in [1.807, 2.05) is 5.57 Å². The van der Waals surface area contributed by atoms with E-state index in [0.29, 0.717) is 0 Å². The van der Waals surface area contributed by atoms with Gasteiger partial charge in [-0.15, -0.1) is 0 Å². The molecular weight excluding hydrogens is 180 g/mol. The van der Waals surface area contributed by atoms with Crippen LogP contribution in [0.4, 0.5) is 0 Å². The van der Waals surface area contributed by atoms with Crippen LogP contribution < -0.4 is 0 Å². The molecule has 0 aliphatic heterocycles. The van der Waals surface area contributed by atoms with E-state index < -0.39 is 0 Å². The van der Waals surface area contributed by atoms with Crippen molar-refractivity contribution in [2.45, 2.75) is 32.1 Å². The Morgan fingerprint density at radius 2 is 2.20 bits per heavy atom. The molecule has 78 valence electrons. The summed E-state index contributed by atoms with van der Waals surface area (Å²) in [7, 11) is 0. The Labute approximate surface area is 91.4 Å². The Hall–Kier alpha value is -0.520. The fourth-order valence-electron chi connectivity index (χ4n) is 5.91. The standard InChI is InChI=1S/C15H18/c1-2-6-15-10(3-1)7-9-4-5-11-12(14(11)15)8-13(9)15/h4-5,7,9,11-14H,1-3,6,8H2. The van der Waals surface area contributed by atoms with Crippen LogP contribution in [0.3, 0.4) is 0 Å². The molecule has 0 aromatic carbocycles. The zero-order valence-corrected chi connectivity index (χ0v) is 9.15. The number of hydrogen-bond acceptors (Lipinski definition) is 0. The van der Waals surface area contributed by atoms with Crippen molar-refractivity contribution < 1.29 is 0 Å². The Morgan fingerprint density at radius 3 is 3.20 bits per heavy atom. The Bertz CT molecular complexity index is 402. The summed E-state index contributed by atoms with van der Waals surface area (Å²) in [5.41, 5.74) is 2.64. The molecule has 0 nitrogen and oxygen atoms in total. The van der Waals surface area contributed by atoms with Gasteiger partial charge in [-0.05, 0) is 60.7 Å². The minimum absolute atomic E-state index is 0.738. The van der Waals surface area contributed by atoms with E-state index in [9.17, 15) is 0 Å². The second-order valence-corrected chi connectivity index (χ2v) is 6.51. The van der Waals surface area contributed by atoms with Crippen molar-refractivity contribution >= 4 is 0 Å². The van der Waals surface area contributed by atoms with E-state index in [1.165, 1.54) is 19.3 Å². The summed E-state index contributed by atoms with van der Waals surface area (Å²) >= 11 is 0. The minimum Gasteiger partial charge on any atom is -0.0842 e. The predicted molar refractivity (Wildman–Crippen MR) is 60.2 cm³/mol. The Morgan fingerprint density at radius 1 is 1.20 bits per heavy atom. The lowest BCUT2D eigenvalue weighted by Crippen LogP contribution is -2.32. The normalized spacial score (nSPS) is 62.4. The fourth-order valence-corrected chi connectivity index (χ4v) is 5.91. The van der Waals surface area contributed by atoms with Crippen molar-refractivity contribution in [1.82, 2.24) is 0 Å². The van der Waals surface area contributed by atoms with Gasteiger partial charge in [-0.1, -0.05) is 30.2 Å². The van der Waals surface area contributed by atoms with Crippen LogP contribution in [-0.2, 0) is 0 Å². The van der Waals surface area contributed by atoms with Gasteiger partial charge in [0.1, 0.15) is 0 Å². The predicted octanol–water partition coefficient (Wildman–Crippen LogP) is 3.55. The summed E-state index contributed by atoms with van der Waals surface area (Å²) in [4.78, 5) is 0. The lowest BCUT2D eigenvalue weighted by molar-refractivity contribution is 0.162. The van der Waals surface area contributed by atoms with Crippen LogP contribution in [-0.4, -0.2) is 0 Å². The first-order valence-electron chi connectivity index (χ1n) is 6.81. The van der Waals surface area contributed by atoms with Crippen molar-refractivity contribution in [3.63, 3.8) is 0 Å². The van der Waals surface area contributed by atoms with Gasteiger partial charge in [-0.3, -0.25) is 0 Å². The molecule has 3 saturated carbocycles. The second-order valence-electron chi connectivity index (χ2n) is 6.51. The van der Waals surface area contributed by atoms with Gasteiger partial charge in [0, 0.05) is 0 Å². The van der Waals surface area contributed by atoms with E-state index >= 15 is 0 Å². The monoisotopic (exact) mass is 198 g/mol. The molecule has 0 saturated heterocycles. The van der Waals surface area contributed by atoms with E-state index in [-0.39, 0.29) is 0 Å². The van der Waals surface area contributed by atoms with E-state index in [4.69, 9.17) is 0 Å². The number of hydrogen-bond donors (Lipinski definition) is 0. The van der Waals surface area contributed by atoms with Crippen molar-refractivity contribution in [2.75, 3.05) is 0 Å². The molecular formula is C15H18. The average molecular weight is 198 g/mol. The van der Waals surface area contributed by atoms with Crippen molar-refractivity contribution in [1.29, 1.82) is 0 Å². The van der Waals surface area contributed by atoms with Gasteiger partial charge in [-0.25, -0.2) is 0 Å². The van der Waals surface area contributed by atoms with Gasteiger partial charge in [0.25, 0.3) is 0 Å². The van der Waals surface area contributed by atoms with Crippen molar-refractivity contribution in [3.8, 4) is 0 Å². The molecule has 0 aromatic heterocycles.